The van der Waals surface area contributed by atoms with Crippen LogP contribution in [0.2, 0.25) is 0 Å². The van der Waals surface area contributed by atoms with Crippen LogP contribution in [-0.2, 0) is 34.4 Å². The Hall–Kier alpha value is -14.9. The summed E-state index contributed by atoms with van der Waals surface area (Å²) in [5.41, 5.74) is -0.156. The van der Waals surface area contributed by atoms with Crippen LogP contribution in [0.5, 0.6) is 52.3 Å². The maximum absolute atomic E-state index is 13.7. The molecule has 12 aromatic rings. The van der Waals surface area contributed by atoms with Gasteiger partial charge in [-0.25, -0.2) is 62.6 Å². The summed E-state index contributed by atoms with van der Waals surface area (Å²) in [6, 6.07) is 43.5. The molecule has 4 heterocycles. The van der Waals surface area contributed by atoms with Gasteiger partial charge in [-0.1, -0.05) is 133 Å². The normalized spacial score (nSPS) is 12.2. The van der Waals surface area contributed by atoms with Crippen LogP contribution in [0.3, 0.4) is 0 Å². The van der Waals surface area contributed by atoms with Gasteiger partial charge in [-0.15, -0.1) is 0 Å². The highest BCUT2D eigenvalue weighted by Crippen LogP contribution is 2.41. The van der Waals surface area contributed by atoms with Gasteiger partial charge in [0.2, 0.25) is 23.5 Å². The van der Waals surface area contributed by atoms with Crippen molar-refractivity contribution >= 4 is 46.8 Å². The lowest BCUT2D eigenvalue weighted by Crippen LogP contribution is -2.27. The maximum atomic E-state index is 13.7. The second-order valence-electron chi connectivity index (χ2n) is 29.4. The molecule has 696 valence electrons. The van der Waals surface area contributed by atoms with Crippen LogP contribution in [0, 0.1) is 6.92 Å². The standard InChI is InChI=1S/C23H20F5N3O3.C23H21F4N3O4.C23H21F4N3O3.C23H23F2N3O3/c1-12(14-7-9-15(10-8-14)13(2)32)29-21(33)18-19(20(24)25)30-31(3)22(18)34-17-6-4-5-16(11-17)23(26,27)28;1-12(14-7-9-15(10-8-14)13(2)31)28-21(32)18-19(20(24)25)29-30(3)22(18)33-16-5-4-6-17(11-16)34-23(26)27;1-12(14-7-9-15(10-8-14)13(2)31)28-22(32)18-19(21(26)27)29-30(3)23(18)33-17-6-4-5-16(11-17)20(24)25;1-13(16-8-10-17(11-9-16)15(3)29)26-22(30)20-14(2)27-28(4)23(20)31-19-7-5-6-18(12-19)21(24)25/h4-12,20H,1-3H3,(H,29,33);4-12,20,23H,1-3H3,(H,28,32);4-12,20-21H,1-3H3,(H,28,32);5-13,21H,1-4H3,(H,26,30)/t3*12-;13-/m1000/s1. The molecule has 12 rings (SSSR count). The maximum Gasteiger partial charge on any atom is 0.416 e. The van der Waals surface area contributed by atoms with Crippen molar-refractivity contribution < 1.29 is 128 Å². The molecule has 0 aliphatic rings. The summed E-state index contributed by atoms with van der Waals surface area (Å²) in [7, 11) is 5.45. The highest BCUT2D eigenvalue weighted by atomic mass is 19.4. The van der Waals surface area contributed by atoms with E-state index in [9.17, 15) is 104 Å². The number of halogens is 15. The number of ketones is 4. The van der Waals surface area contributed by atoms with E-state index in [4.69, 9.17) is 18.9 Å². The molecule has 0 saturated heterocycles. The lowest BCUT2D eigenvalue weighted by molar-refractivity contribution is -0.137. The Kier molecular flexibility index (Phi) is 33.9. The predicted octanol–water partition coefficient (Wildman–Crippen LogP) is 22.2. The van der Waals surface area contributed by atoms with Crippen LogP contribution in [0.4, 0.5) is 65.9 Å². The molecule has 132 heavy (non-hydrogen) atoms. The zero-order chi connectivity index (χ0) is 97.2. The molecular formula is C92H85F15N12O13. The van der Waals surface area contributed by atoms with E-state index in [2.05, 4.69) is 46.4 Å². The fourth-order valence-corrected chi connectivity index (χ4v) is 12.8. The van der Waals surface area contributed by atoms with E-state index in [0.29, 0.717) is 50.7 Å². The Labute approximate surface area is 744 Å². The summed E-state index contributed by atoms with van der Waals surface area (Å²) >= 11 is 0. The minimum atomic E-state index is -4.65. The smallest absolute Gasteiger partial charge is 0.416 e. The summed E-state index contributed by atoms with van der Waals surface area (Å²) in [4.78, 5) is 97.7. The molecule has 4 aromatic heterocycles. The van der Waals surface area contributed by atoms with E-state index in [0.717, 1.165) is 43.9 Å². The average Bonchev–Trinajstić information content (AvgIpc) is 1.70. The number of hydrogen-bond acceptors (Lipinski definition) is 17. The van der Waals surface area contributed by atoms with Crippen molar-refractivity contribution in [2.75, 3.05) is 0 Å². The molecule has 0 radical (unpaired) electrons. The number of aryl methyl sites for hydroxylation is 5. The summed E-state index contributed by atoms with van der Waals surface area (Å²) in [6.07, 6.45) is -19.3. The summed E-state index contributed by atoms with van der Waals surface area (Å²) in [5, 5.41) is 26.0. The topological polar surface area (TPSA) is 302 Å². The zero-order valence-electron chi connectivity index (χ0n) is 72.3. The fourth-order valence-electron chi connectivity index (χ4n) is 12.8. The molecule has 0 fully saturated rings. The van der Waals surface area contributed by atoms with Gasteiger partial charge in [0.15, 0.2) is 23.1 Å². The molecular weight excluding hydrogens is 1770 g/mol. The monoisotopic (exact) mass is 1850 g/mol. The first-order valence-electron chi connectivity index (χ1n) is 39.7. The second-order valence-corrected chi connectivity index (χ2v) is 29.4. The SMILES string of the molecule is CC(=O)c1ccc([C@@H](C)NC(=O)c2c(C(F)F)nn(C)c2Oc2cccc(C(F)(F)F)c2)cc1.CC(=O)c1ccc([C@H](C)NC(=O)c2c(C(F)F)nn(C)c2Oc2cccc(C(F)F)c2)cc1.CC(=O)c1ccc([C@H](C)NC(=O)c2c(C(F)F)nn(C)c2Oc2cccc(OC(F)F)c2)cc1.CC(=O)c1ccc([C@H](C)NC(=O)c2c(C)nn(C)c2Oc2cccc(C(F)F)c2)cc1. The first-order valence-corrected chi connectivity index (χ1v) is 39.7. The van der Waals surface area contributed by atoms with Crippen molar-refractivity contribution in [1.29, 1.82) is 0 Å². The van der Waals surface area contributed by atoms with Crippen molar-refractivity contribution in [1.82, 2.24) is 60.4 Å². The van der Waals surface area contributed by atoms with Crippen molar-refractivity contribution in [2.45, 2.75) is 131 Å². The number of alkyl halides is 15. The van der Waals surface area contributed by atoms with Crippen molar-refractivity contribution in [3.8, 4) is 52.3 Å². The highest BCUT2D eigenvalue weighted by molar-refractivity contribution is 6.01. The van der Waals surface area contributed by atoms with E-state index >= 15 is 0 Å². The fraction of sp³-hybridized carbons (Fsp3) is 0.261. The molecule has 0 aliphatic carbocycles. The first-order chi connectivity index (χ1) is 62.2. The molecule has 4 atom stereocenters. The molecule has 4 amide bonds. The number of aromatic nitrogens is 8. The number of benzene rings is 8. The van der Waals surface area contributed by atoms with Gasteiger partial charge in [0, 0.05) is 67.6 Å². The van der Waals surface area contributed by atoms with Crippen molar-refractivity contribution in [3.63, 3.8) is 0 Å². The molecule has 4 N–H and O–H groups in total. The quantitative estimate of drug-likeness (QED) is 0.0232. The Morgan fingerprint density at radius 3 is 0.833 bits per heavy atom. The molecule has 0 bridgehead atoms. The van der Waals surface area contributed by atoms with Gasteiger partial charge in [-0.3, -0.25) is 38.4 Å². The largest absolute Gasteiger partial charge is 0.438 e. The van der Waals surface area contributed by atoms with Crippen LogP contribution in [-0.4, -0.2) is 92.5 Å². The number of rotatable bonds is 31. The number of carbonyl (C=O) groups excluding carboxylic acids is 8. The Balaban J connectivity index is 0.000000198. The number of Topliss-reactive ketones (excluding diaryl/α,β-unsaturated/α-hetero) is 4. The third kappa shape index (κ3) is 26.2. The Morgan fingerprint density at radius 2 is 0.561 bits per heavy atom. The van der Waals surface area contributed by atoms with Gasteiger partial charge < -0.3 is 45.0 Å². The highest BCUT2D eigenvalue weighted by Gasteiger charge is 2.37. The van der Waals surface area contributed by atoms with E-state index in [1.807, 2.05) is 6.92 Å². The van der Waals surface area contributed by atoms with Crippen LogP contribution in [0.15, 0.2) is 194 Å². The van der Waals surface area contributed by atoms with E-state index in [1.54, 1.807) is 132 Å². The number of ether oxygens (including phenoxy) is 5. The minimum absolute atomic E-state index is 0.0242. The molecule has 40 heteroatoms. The van der Waals surface area contributed by atoms with Gasteiger partial charge in [-0.05, 0) is 139 Å². The third-order valence-electron chi connectivity index (χ3n) is 19.7. The van der Waals surface area contributed by atoms with E-state index in [-0.39, 0.29) is 92.3 Å². The Morgan fingerprint density at radius 1 is 0.311 bits per heavy atom. The zero-order valence-corrected chi connectivity index (χ0v) is 72.3. The van der Waals surface area contributed by atoms with Crippen LogP contribution in [0.1, 0.15) is 256 Å². The van der Waals surface area contributed by atoms with E-state index < -0.39 is 132 Å². The second kappa shape index (κ2) is 44.4. The lowest BCUT2D eigenvalue weighted by atomic mass is 10.0. The van der Waals surface area contributed by atoms with Gasteiger partial charge in [0.25, 0.3) is 55.8 Å². The first kappa shape index (κ1) is 101. The number of nitrogens with one attached hydrogen (secondary N) is 4. The summed E-state index contributed by atoms with van der Waals surface area (Å²) < 4.78 is 229. The number of nitrogens with zero attached hydrogens (tertiary/aromatic N) is 8. The Bertz CT molecular complexity index is 6120. The van der Waals surface area contributed by atoms with Gasteiger partial charge in [0.1, 0.15) is 68.1 Å². The molecule has 8 aromatic carbocycles. The van der Waals surface area contributed by atoms with Crippen LogP contribution >= 0.6 is 0 Å². The summed E-state index contributed by atoms with van der Waals surface area (Å²) in [6.45, 7) is 11.1. The van der Waals surface area contributed by atoms with Crippen molar-refractivity contribution in [2.24, 2.45) is 28.2 Å². The number of amides is 4. The van der Waals surface area contributed by atoms with Crippen molar-refractivity contribution in [3.05, 3.63) is 300 Å². The number of carbonyl (C=O) groups is 8. The lowest BCUT2D eigenvalue weighted by Gasteiger charge is -2.16. The number of hydrogen-bond donors (Lipinski definition) is 4. The summed E-state index contributed by atoms with van der Waals surface area (Å²) in [5.74, 6) is -4.84. The average molecular weight is 1850 g/mol. The van der Waals surface area contributed by atoms with Crippen LogP contribution in [0.25, 0.3) is 0 Å². The van der Waals surface area contributed by atoms with Crippen LogP contribution < -0.4 is 45.0 Å². The molecule has 0 unspecified atom stereocenters. The third-order valence-corrected chi connectivity index (χ3v) is 19.7. The van der Waals surface area contributed by atoms with Gasteiger partial charge >= 0.3 is 12.8 Å². The van der Waals surface area contributed by atoms with Gasteiger partial charge in [0.05, 0.1) is 35.4 Å². The minimum Gasteiger partial charge on any atom is -0.438 e. The molecule has 0 aliphatic heterocycles. The predicted molar refractivity (Wildman–Crippen MR) is 449 cm³/mol. The van der Waals surface area contributed by atoms with E-state index in [1.165, 1.54) is 120 Å². The molecule has 25 nitrogen and oxygen atoms in total. The molecule has 0 saturated carbocycles. The molecule has 0 spiro atoms. The van der Waals surface area contributed by atoms with Gasteiger partial charge in [-0.2, -0.15) is 42.3 Å².